The lowest BCUT2D eigenvalue weighted by Crippen LogP contribution is -2.22. The van der Waals surface area contributed by atoms with Crippen LogP contribution in [0.5, 0.6) is 0 Å². The number of nitrogens with zero attached hydrogens (tertiary/aromatic N) is 2. The maximum absolute atomic E-state index is 5.35. The van der Waals surface area contributed by atoms with Crippen molar-refractivity contribution in [2.24, 2.45) is 5.92 Å². The van der Waals surface area contributed by atoms with Gasteiger partial charge in [-0.25, -0.2) is 9.97 Å². The fraction of sp³-hybridized carbons (Fsp3) is 0.692. The molecule has 0 aromatic carbocycles. The smallest absolute Gasteiger partial charge is 0.128 e. The molecule has 1 aromatic rings. The van der Waals surface area contributed by atoms with Crippen LogP contribution in [-0.4, -0.2) is 29.2 Å². The summed E-state index contributed by atoms with van der Waals surface area (Å²) in [6.45, 7) is 6.86. The summed E-state index contributed by atoms with van der Waals surface area (Å²) in [5.74, 6) is 1.54. The van der Waals surface area contributed by atoms with Gasteiger partial charge in [-0.1, -0.05) is 13.8 Å². The molecule has 1 saturated heterocycles. The van der Waals surface area contributed by atoms with Crippen LogP contribution in [0.4, 0.5) is 0 Å². The average molecular weight is 235 g/mol. The highest BCUT2D eigenvalue weighted by molar-refractivity contribution is 5.05. The third-order valence-corrected chi connectivity index (χ3v) is 2.97. The first-order valence-electron chi connectivity index (χ1n) is 6.35. The third-order valence-electron chi connectivity index (χ3n) is 2.97. The largest absolute Gasteiger partial charge is 0.381 e. The van der Waals surface area contributed by atoms with E-state index in [4.69, 9.17) is 4.74 Å². The molecule has 2 rings (SSSR count). The first-order chi connectivity index (χ1) is 8.24. The Morgan fingerprint density at radius 3 is 2.76 bits per heavy atom. The second kappa shape index (κ2) is 6.07. The minimum atomic E-state index is 0.491. The monoisotopic (exact) mass is 235 g/mol. The van der Waals surface area contributed by atoms with Gasteiger partial charge in [0.2, 0.25) is 0 Å². The van der Waals surface area contributed by atoms with Gasteiger partial charge in [-0.3, -0.25) is 0 Å². The molecule has 1 N–H and O–H groups in total. The van der Waals surface area contributed by atoms with E-state index in [1.54, 1.807) is 0 Å². The minimum absolute atomic E-state index is 0.491. The van der Waals surface area contributed by atoms with Gasteiger partial charge in [-0.05, 0) is 12.3 Å². The second-order valence-corrected chi connectivity index (χ2v) is 4.98. The summed E-state index contributed by atoms with van der Waals surface area (Å²) in [5, 5.41) is 3.35. The lowest BCUT2D eigenvalue weighted by atomic mass is 10.1. The van der Waals surface area contributed by atoms with E-state index in [0.29, 0.717) is 12.0 Å². The van der Waals surface area contributed by atoms with Gasteiger partial charge in [0.15, 0.2) is 0 Å². The Balaban J connectivity index is 1.84. The zero-order chi connectivity index (χ0) is 12.1. The van der Waals surface area contributed by atoms with Crippen LogP contribution in [0.1, 0.15) is 31.7 Å². The Hall–Kier alpha value is -1.00. The van der Waals surface area contributed by atoms with Gasteiger partial charge in [-0.2, -0.15) is 0 Å². The van der Waals surface area contributed by atoms with Crippen LogP contribution in [0.3, 0.4) is 0 Å². The van der Waals surface area contributed by atoms with E-state index in [2.05, 4.69) is 29.1 Å². The Labute approximate surface area is 103 Å². The molecule has 94 valence electrons. The molecule has 17 heavy (non-hydrogen) atoms. The van der Waals surface area contributed by atoms with Crippen LogP contribution in [0, 0.1) is 5.92 Å². The number of hydrogen-bond donors (Lipinski definition) is 1. The summed E-state index contributed by atoms with van der Waals surface area (Å²) in [4.78, 5) is 8.83. The van der Waals surface area contributed by atoms with Gasteiger partial charge in [0.1, 0.15) is 5.82 Å². The molecular formula is C13H21N3O. The number of rotatable bonds is 5. The van der Waals surface area contributed by atoms with Gasteiger partial charge in [-0.15, -0.1) is 0 Å². The Bertz CT molecular complexity index is 331. The van der Waals surface area contributed by atoms with Crippen LogP contribution < -0.4 is 5.32 Å². The van der Waals surface area contributed by atoms with E-state index in [1.807, 2.05) is 12.4 Å². The van der Waals surface area contributed by atoms with Crippen molar-refractivity contribution in [2.75, 3.05) is 13.2 Å². The van der Waals surface area contributed by atoms with Crippen molar-refractivity contribution in [1.82, 2.24) is 15.3 Å². The van der Waals surface area contributed by atoms with E-state index >= 15 is 0 Å². The van der Waals surface area contributed by atoms with E-state index in [-0.39, 0.29) is 0 Å². The molecule has 0 bridgehead atoms. The molecule has 0 amide bonds. The van der Waals surface area contributed by atoms with Crippen LogP contribution in [-0.2, 0) is 17.7 Å². The minimum Gasteiger partial charge on any atom is -0.381 e. The Morgan fingerprint density at radius 1 is 1.41 bits per heavy atom. The van der Waals surface area contributed by atoms with Crippen molar-refractivity contribution in [1.29, 1.82) is 0 Å². The number of aromatic nitrogens is 2. The van der Waals surface area contributed by atoms with Gasteiger partial charge < -0.3 is 10.1 Å². The van der Waals surface area contributed by atoms with E-state index in [1.165, 1.54) is 0 Å². The highest BCUT2D eigenvalue weighted by atomic mass is 16.5. The number of hydrogen-bond acceptors (Lipinski definition) is 4. The van der Waals surface area contributed by atoms with Crippen LogP contribution in [0.15, 0.2) is 12.4 Å². The Kier molecular flexibility index (Phi) is 4.45. The van der Waals surface area contributed by atoms with Crippen molar-refractivity contribution in [2.45, 2.75) is 39.3 Å². The zero-order valence-electron chi connectivity index (χ0n) is 10.6. The lowest BCUT2D eigenvalue weighted by Gasteiger charge is -2.09. The van der Waals surface area contributed by atoms with Crippen LogP contribution in [0.25, 0.3) is 0 Å². The van der Waals surface area contributed by atoms with E-state index in [9.17, 15) is 0 Å². The van der Waals surface area contributed by atoms with Gasteiger partial charge in [0, 0.05) is 50.2 Å². The normalized spacial score (nSPS) is 20.1. The molecule has 0 saturated carbocycles. The molecule has 1 atom stereocenters. The Morgan fingerprint density at radius 2 is 2.18 bits per heavy atom. The van der Waals surface area contributed by atoms with Crippen molar-refractivity contribution < 1.29 is 4.74 Å². The fourth-order valence-electron chi connectivity index (χ4n) is 1.90. The number of nitrogens with one attached hydrogen (secondary N) is 1. The maximum atomic E-state index is 5.35. The molecule has 1 fully saturated rings. The van der Waals surface area contributed by atoms with Crippen molar-refractivity contribution in [3.05, 3.63) is 23.8 Å². The molecule has 0 radical (unpaired) electrons. The molecule has 0 spiro atoms. The van der Waals surface area contributed by atoms with Crippen LogP contribution in [0.2, 0.25) is 0 Å². The summed E-state index contributed by atoms with van der Waals surface area (Å²) in [6, 6.07) is 0.491. The van der Waals surface area contributed by atoms with Crippen molar-refractivity contribution >= 4 is 0 Å². The topological polar surface area (TPSA) is 47.0 Å². The predicted molar refractivity (Wildman–Crippen MR) is 66.6 cm³/mol. The molecule has 1 aromatic heterocycles. The van der Waals surface area contributed by atoms with Crippen LogP contribution >= 0.6 is 0 Å². The zero-order valence-corrected chi connectivity index (χ0v) is 10.6. The molecule has 4 nitrogen and oxygen atoms in total. The summed E-state index contributed by atoms with van der Waals surface area (Å²) in [7, 11) is 0. The first kappa shape index (κ1) is 12.5. The summed E-state index contributed by atoms with van der Waals surface area (Å²) >= 11 is 0. The maximum Gasteiger partial charge on any atom is 0.128 e. The summed E-state index contributed by atoms with van der Waals surface area (Å²) < 4.78 is 5.35. The lowest BCUT2D eigenvalue weighted by molar-refractivity contribution is 0.185. The van der Waals surface area contributed by atoms with Gasteiger partial charge in [0.05, 0.1) is 0 Å². The van der Waals surface area contributed by atoms with Gasteiger partial charge in [0.25, 0.3) is 0 Å². The fourth-order valence-corrected chi connectivity index (χ4v) is 1.90. The standard InChI is InChI=1S/C13H21N3O/c1-10(2)14-6-12-7-15-13(16-8-12)5-11-3-4-17-9-11/h7-8,10-11,14H,3-6,9H2,1-2H3. The third kappa shape index (κ3) is 4.06. The SMILES string of the molecule is CC(C)NCc1cnc(CC2CCOC2)nc1. The highest BCUT2D eigenvalue weighted by Crippen LogP contribution is 2.15. The van der Waals surface area contributed by atoms with Crippen molar-refractivity contribution in [3.63, 3.8) is 0 Å². The second-order valence-electron chi connectivity index (χ2n) is 4.98. The van der Waals surface area contributed by atoms with E-state index in [0.717, 1.165) is 44.0 Å². The van der Waals surface area contributed by atoms with Crippen molar-refractivity contribution in [3.8, 4) is 0 Å². The quantitative estimate of drug-likeness (QED) is 0.841. The summed E-state index contributed by atoms with van der Waals surface area (Å²) in [6.07, 6.45) is 5.93. The first-order valence-corrected chi connectivity index (χ1v) is 6.35. The predicted octanol–water partition coefficient (Wildman–Crippen LogP) is 1.55. The molecule has 1 aliphatic heterocycles. The van der Waals surface area contributed by atoms with Gasteiger partial charge >= 0.3 is 0 Å². The molecule has 1 unspecified atom stereocenters. The molecule has 0 aliphatic carbocycles. The average Bonchev–Trinajstić information content (AvgIpc) is 2.81. The summed E-state index contributed by atoms with van der Waals surface area (Å²) in [5.41, 5.74) is 1.14. The molecule has 2 heterocycles. The number of ether oxygens (including phenoxy) is 1. The molecular weight excluding hydrogens is 214 g/mol. The highest BCUT2D eigenvalue weighted by Gasteiger charge is 2.17. The molecule has 4 heteroatoms. The molecule has 1 aliphatic rings. The van der Waals surface area contributed by atoms with E-state index < -0.39 is 0 Å².